The number of aryl methyl sites for hydroxylation is 1. The Bertz CT molecular complexity index is 509. The number of hydrogen-bond donors (Lipinski definition) is 1. The average molecular weight is 299 g/mol. The Morgan fingerprint density at radius 2 is 2.20 bits per heavy atom. The molecule has 2 heterocycles. The third kappa shape index (κ3) is 2.81. The van der Waals surface area contributed by atoms with Gasteiger partial charge in [-0.1, -0.05) is 0 Å². The highest BCUT2D eigenvalue weighted by atomic mass is 35.5. The molecule has 2 aliphatic rings. The second-order valence-electron chi connectivity index (χ2n) is 5.61. The second-order valence-corrected chi connectivity index (χ2v) is 5.61. The van der Waals surface area contributed by atoms with Gasteiger partial charge in [0.2, 0.25) is 0 Å². The minimum Gasteiger partial charge on any atom is -0.338 e. The molecule has 3 rings (SSSR count). The van der Waals surface area contributed by atoms with Gasteiger partial charge in [-0.25, -0.2) is 4.39 Å². The van der Waals surface area contributed by atoms with Gasteiger partial charge in [0.1, 0.15) is 5.82 Å². The van der Waals surface area contributed by atoms with Crippen molar-refractivity contribution in [3.63, 3.8) is 0 Å². The van der Waals surface area contributed by atoms with Crippen LogP contribution in [0.25, 0.3) is 0 Å². The van der Waals surface area contributed by atoms with Gasteiger partial charge in [-0.2, -0.15) is 0 Å². The monoisotopic (exact) mass is 298 g/mol. The molecule has 5 heteroatoms. The molecule has 2 aliphatic heterocycles. The first-order valence-electron chi connectivity index (χ1n) is 6.94. The van der Waals surface area contributed by atoms with Gasteiger partial charge in [0, 0.05) is 24.7 Å². The fraction of sp³-hybridized carbons (Fsp3) is 0.533. The molecule has 2 saturated heterocycles. The first-order chi connectivity index (χ1) is 9.15. The number of hydrogen-bond acceptors (Lipinski definition) is 2. The lowest BCUT2D eigenvalue weighted by molar-refractivity contribution is 0.0661. The molecule has 0 bridgehead atoms. The largest absolute Gasteiger partial charge is 0.338 e. The number of nitrogens with zero attached hydrogens (tertiary/aromatic N) is 1. The molecule has 0 aromatic heterocycles. The molecule has 1 amide bonds. The lowest BCUT2D eigenvalue weighted by Gasteiger charge is -2.35. The third-order valence-electron chi connectivity index (χ3n) is 4.36. The molecule has 2 fully saturated rings. The summed E-state index contributed by atoms with van der Waals surface area (Å²) in [4.78, 5) is 14.4. The van der Waals surface area contributed by atoms with E-state index in [1.807, 2.05) is 4.90 Å². The van der Waals surface area contributed by atoms with Crippen molar-refractivity contribution >= 4 is 18.3 Å². The first kappa shape index (κ1) is 15.3. The first-order valence-corrected chi connectivity index (χ1v) is 6.94. The maximum absolute atomic E-state index is 13.1. The smallest absolute Gasteiger partial charge is 0.254 e. The summed E-state index contributed by atoms with van der Waals surface area (Å²) in [6, 6.07) is 4.98. The number of rotatable bonds is 1. The highest BCUT2D eigenvalue weighted by molar-refractivity contribution is 5.95. The van der Waals surface area contributed by atoms with Crippen LogP contribution < -0.4 is 5.32 Å². The van der Waals surface area contributed by atoms with E-state index in [9.17, 15) is 9.18 Å². The summed E-state index contributed by atoms with van der Waals surface area (Å²) in [5, 5.41) is 3.49. The van der Waals surface area contributed by atoms with E-state index in [-0.39, 0.29) is 24.1 Å². The van der Waals surface area contributed by atoms with Crippen molar-refractivity contribution in [2.24, 2.45) is 5.92 Å². The molecular weight excluding hydrogens is 279 g/mol. The third-order valence-corrected chi connectivity index (χ3v) is 4.36. The highest BCUT2D eigenvalue weighted by Gasteiger charge is 2.34. The SMILES string of the molecule is Cc1cc(F)ccc1C(=O)N1CCC2NCCC2C1.Cl. The van der Waals surface area contributed by atoms with E-state index in [0.717, 1.165) is 38.0 Å². The minimum absolute atomic E-state index is 0. The second kappa shape index (κ2) is 6.10. The van der Waals surface area contributed by atoms with Gasteiger partial charge >= 0.3 is 0 Å². The van der Waals surface area contributed by atoms with Crippen LogP contribution in [0.3, 0.4) is 0 Å². The zero-order valence-electron chi connectivity index (χ0n) is 11.6. The van der Waals surface area contributed by atoms with Gasteiger partial charge in [0.15, 0.2) is 0 Å². The number of likely N-dealkylation sites (tertiary alicyclic amines) is 1. The molecule has 1 aromatic carbocycles. The standard InChI is InChI=1S/C15H19FN2O.ClH/c1-10-8-12(16)2-3-13(10)15(19)18-7-5-14-11(9-18)4-6-17-14;/h2-3,8,11,14,17H,4-7,9H2,1H3;1H. The highest BCUT2D eigenvalue weighted by Crippen LogP contribution is 2.26. The summed E-state index contributed by atoms with van der Waals surface area (Å²) < 4.78 is 13.1. The van der Waals surface area contributed by atoms with E-state index >= 15 is 0 Å². The van der Waals surface area contributed by atoms with Crippen LogP contribution in [0.2, 0.25) is 0 Å². The molecule has 3 nitrogen and oxygen atoms in total. The number of carbonyl (C=O) groups excluding carboxylic acids is 1. The van der Waals surface area contributed by atoms with E-state index in [1.165, 1.54) is 12.1 Å². The number of halogens is 2. The minimum atomic E-state index is -0.284. The van der Waals surface area contributed by atoms with Crippen LogP contribution in [0, 0.1) is 18.7 Å². The fourth-order valence-corrected chi connectivity index (χ4v) is 3.27. The van der Waals surface area contributed by atoms with E-state index < -0.39 is 0 Å². The maximum atomic E-state index is 13.1. The summed E-state index contributed by atoms with van der Waals surface area (Å²) in [7, 11) is 0. The Labute approximate surface area is 124 Å². The summed E-state index contributed by atoms with van der Waals surface area (Å²) >= 11 is 0. The van der Waals surface area contributed by atoms with Crippen LogP contribution in [-0.4, -0.2) is 36.5 Å². The van der Waals surface area contributed by atoms with Crippen LogP contribution in [0.1, 0.15) is 28.8 Å². The Hall–Kier alpha value is -1.13. The molecule has 110 valence electrons. The molecule has 0 radical (unpaired) electrons. The molecule has 20 heavy (non-hydrogen) atoms. The summed E-state index contributed by atoms with van der Waals surface area (Å²) in [6.07, 6.45) is 2.17. The average Bonchev–Trinajstić information content (AvgIpc) is 2.85. The van der Waals surface area contributed by atoms with Crippen LogP contribution in [0.4, 0.5) is 4.39 Å². The summed E-state index contributed by atoms with van der Waals surface area (Å²) in [6.45, 7) is 4.48. The van der Waals surface area contributed by atoms with Gasteiger partial charge in [0.05, 0.1) is 0 Å². The van der Waals surface area contributed by atoms with Crippen molar-refractivity contribution in [2.45, 2.75) is 25.8 Å². The van der Waals surface area contributed by atoms with Crippen LogP contribution >= 0.6 is 12.4 Å². The van der Waals surface area contributed by atoms with Crippen LogP contribution in [-0.2, 0) is 0 Å². The predicted octanol–water partition coefficient (Wildman–Crippen LogP) is 2.38. The topological polar surface area (TPSA) is 32.3 Å². The Kier molecular flexibility index (Phi) is 4.66. The van der Waals surface area contributed by atoms with Crippen molar-refractivity contribution in [1.82, 2.24) is 10.2 Å². The molecule has 0 aliphatic carbocycles. The molecule has 0 saturated carbocycles. The fourth-order valence-electron chi connectivity index (χ4n) is 3.27. The summed E-state index contributed by atoms with van der Waals surface area (Å²) in [5.41, 5.74) is 1.35. The van der Waals surface area contributed by atoms with Crippen LogP contribution in [0.5, 0.6) is 0 Å². The van der Waals surface area contributed by atoms with Crippen molar-refractivity contribution in [2.75, 3.05) is 19.6 Å². The molecule has 2 unspecified atom stereocenters. The number of piperidine rings is 1. The van der Waals surface area contributed by atoms with Gasteiger partial charge in [0.25, 0.3) is 5.91 Å². The summed E-state index contributed by atoms with van der Waals surface area (Å²) in [5.74, 6) is 0.342. The lowest BCUT2D eigenvalue weighted by Crippen LogP contribution is -2.47. The van der Waals surface area contributed by atoms with Crippen molar-refractivity contribution in [3.8, 4) is 0 Å². The Morgan fingerprint density at radius 1 is 1.40 bits per heavy atom. The lowest BCUT2D eigenvalue weighted by atomic mass is 9.92. The van der Waals surface area contributed by atoms with Crippen molar-refractivity contribution < 1.29 is 9.18 Å². The van der Waals surface area contributed by atoms with E-state index in [1.54, 1.807) is 13.0 Å². The zero-order valence-corrected chi connectivity index (χ0v) is 12.4. The van der Waals surface area contributed by atoms with Crippen molar-refractivity contribution in [3.05, 3.63) is 35.1 Å². The Balaban J connectivity index is 0.00000147. The van der Waals surface area contributed by atoms with Gasteiger partial charge in [-0.3, -0.25) is 4.79 Å². The van der Waals surface area contributed by atoms with Crippen LogP contribution in [0.15, 0.2) is 18.2 Å². The van der Waals surface area contributed by atoms with Gasteiger partial charge in [-0.15, -0.1) is 12.4 Å². The molecule has 1 aromatic rings. The predicted molar refractivity (Wildman–Crippen MR) is 78.8 cm³/mol. The molecular formula is C15H20ClFN2O. The normalized spacial score (nSPS) is 25.0. The number of benzene rings is 1. The molecule has 2 atom stereocenters. The molecule has 1 N–H and O–H groups in total. The van der Waals surface area contributed by atoms with E-state index in [2.05, 4.69) is 5.32 Å². The van der Waals surface area contributed by atoms with Crippen molar-refractivity contribution in [1.29, 1.82) is 0 Å². The zero-order chi connectivity index (χ0) is 13.4. The van der Waals surface area contributed by atoms with Gasteiger partial charge < -0.3 is 10.2 Å². The number of amides is 1. The number of carbonyl (C=O) groups is 1. The Morgan fingerprint density at radius 3 is 2.95 bits per heavy atom. The number of fused-ring (bicyclic) bond motifs is 1. The maximum Gasteiger partial charge on any atom is 0.254 e. The van der Waals surface area contributed by atoms with Gasteiger partial charge in [-0.05, 0) is 56.0 Å². The van der Waals surface area contributed by atoms with E-state index in [0.29, 0.717) is 17.5 Å². The van der Waals surface area contributed by atoms with E-state index in [4.69, 9.17) is 0 Å². The number of nitrogens with one attached hydrogen (secondary N) is 1. The quantitative estimate of drug-likeness (QED) is 0.863. The molecule has 0 spiro atoms.